The first-order valence-electron chi connectivity index (χ1n) is 16.2. The van der Waals surface area contributed by atoms with Crippen LogP contribution in [0.15, 0.2) is 171 Å². The molecular formula is C42H50N4. The molecule has 0 amide bonds. The predicted octanol–water partition coefficient (Wildman–Crippen LogP) is 8.54. The Bertz CT molecular complexity index is 1300. The second-order valence-corrected chi connectivity index (χ2v) is 10.5. The van der Waals surface area contributed by atoms with Gasteiger partial charge in [-0.25, -0.2) is 0 Å². The van der Waals surface area contributed by atoms with Crippen LogP contribution in [-0.4, -0.2) is 52.4 Å². The van der Waals surface area contributed by atoms with Gasteiger partial charge in [0.05, 0.1) is 0 Å². The second-order valence-electron chi connectivity index (χ2n) is 10.5. The number of nitrogens with zero attached hydrogens (tertiary/aromatic N) is 2. The minimum Gasteiger partial charge on any atom is -0.368 e. The van der Waals surface area contributed by atoms with Gasteiger partial charge >= 0.3 is 0 Å². The van der Waals surface area contributed by atoms with E-state index in [2.05, 4.69) is 125 Å². The molecule has 2 heterocycles. The lowest BCUT2D eigenvalue weighted by molar-refractivity contribution is 0.534. The van der Waals surface area contributed by atoms with E-state index in [4.69, 9.17) is 0 Å². The van der Waals surface area contributed by atoms with Gasteiger partial charge in [-0.1, -0.05) is 146 Å². The van der Waals surface area contributed by atoms with Crippen molar-refractivity contribution in [2.75, 3.05) is 62.2 Å². The Morgan fingerprint density at radius 3 is 1.00 bits per heavy atom. The number of para-hydroxylation sites is 1. The summed E-state index contributed by atoms with van der Waals surface area (Å²) in [6, 6.07) is 54.0. The lowest BCUT2D eigenvalue weighted by Gasteiger charge is -2.37. The molecule has 5 aromatic rings. The van der Waals surface area contributed by atoms with E-state index in [1.54, 1.807) is 0 Å². The SMILES string of the molecule is C(=Cc1ccc(N2CCN(c3ccccc3)CC2)cc1)c1ccccc1.C1CNCCN1.C=C.c1ccccc1.c1ccccc1. The maximum absolute atomic E-state index is 3.22. The zero-order valence-corrected chi connectivity index (χ0v) is 27.1. The van der Waals surface area contributed by atoms with E-state index in [1.807, 2.05) is 78.9 Å². The number of benzene rings is 5. The fourth-order valence-electron chi connectivity index (χ4n) is 4.79. The van der Waals surface area contributed by atoms with Crippen LogP contribution in [0.5, 0.6) is 0 Å². The van der Waals surface area contributed by atoms with Gasteiger partial charge in [-0.2, -0.15) is 0 Å². The van der Waals surface area contributed by atoms with Gasteiger partial charge in [0.1, 0.15) is 0 Å². The summed E-state index contributed by atoms with van der Waals surface area (Å²) in [6.07, 6.45) is 4.33. The van der Waals surface area contributed by atoms with Crippen molar-refractivity contribution in [3.63, 3.8) is 0 Å². The van der Waals surface area contributed by atoms with Crippen molar-refractivity contribution >= 4 is 23.5 Å². The highest BCUT2D eigenvalue weighted by Crippen LogP contribution is 2.21. The van der Waals surface area contributed by atoms with Crippen LogP contribution in [-0.2, 0) is 0 Å². The predicted molar refractivity (Wildman–Crippen MR) is 203 cm³/mol. The smallest absolute Gasteiger partial charge is 0.0367 e. The highest BCUT2D eigenvalue weighted by molar-refractivity contribution is 5.70. The molecule has 0 saturated carbocycles. The van der Waals surface area contributed by atoms with Crippen molar-refractivity contribution in [3.8, 4) is 0 Å². The fourth-order valence-corrected chi connectivity index (χ4v) is 4.79. The van der Waals surface area contributed by atoms with E-state index in [-0.39, 0.29) is 0 Å². The largest absolute Gasteiger partial charge is 0.368 e. The molecule has 0 spiro atoms. The number of piperazine rings is 2. The van der Waals surface area contributed by atoms with Gasteiger partial charge in [0.25, 0.3) is 0 Å². The summed E-state index contributed by atoms with van der Waals surface area (Å²) in [6.45, 7) is 14.8. The van der Waals surface area contributed by atoms with Crippen molar-refractivity contribution in [2.24, 2.45) is 0 Å². The van der Waals surface area contributed by atoms with Crippen molar-refractivity contribution in [2.45, 2.75) is 0 Å². The van der Waals surface area contributed by atoms with E-state index < -0.39 is 0 Å². The monoisotopic (exact) mass is 610 g/mol. The molecule has 0 aliphatic carbocycles. The summed E-state index contributed by atoms with van der Waals surface area (Å²) in [5.41, 5.74) is 5.11. The maximum Gasteiger partial charge on any atom is 0.0367 e. The molecule has 0 bridgehead atoms. The highest BCUT2D eigenvalue weighted by Gasteiger charge is 2.17. The highest BCUT2D eigenvalue weighted by atomic mass is 15.3. The van der Waals surface area contributed by atoms with Crippen molar-refractivity contribution in [3.05, 3.63) is 182 Å². The van der Waals surface area contributed by atoms with Gasteiger partial charge in [0.15, 0.2) is 0 Å². The molecule has 238 valence electrons. The minimum absolute atomic E-state index is 1.06. The van der Waals surface area contributed by atoms with Crippen molar-refractivity contribution in [1.82, 2.24) is 10.6 Å². The molecule has 4 heteroatoms. The van der Waals surface area contributed by atoms with Gasteiger partial charge in [-0.3, -0.25) is 0 Å². The van der Waals surface area contributed by atoms with E-state index in [0.29, 0.717) is 0 Å². The number of nitrogens with one attached hydrogen (secondary N) is 2. The third kappa shape index (κ3) is 14.7. The van der Waals surface area contributed by atoms with Crippen molar-refractivity contribution < 1.29 is 0 Å². The minimum atomic E-state index is 1.06. The zero-order chi connectivity index (χ0) is 32.3. The quantitative estimate of drug-likeness (QED) is 0.158. The van der Waals surface area contributed by atoms with E-state index in [1.165, 1.54) is 22.5 Å². The van der Waals surface area contributed by atoms with Crippen LogP contribution in [0.25, 0.3) is 12.2 Å². The van der Waals surface area contributed by atoms with Crippen LogP contribution < -0.4 is 20.4 Å². The summed E-state index contributed by atoms with van der Waals surface area (Å²) < 4.78 is 0. The lowest BCUT2D eigenvalue weighted by Crippen LogP contribution is -2.46. The Morgan fingerprint density at radius 1 is 0.370 bits per heavy atom. The molecule has 0 radical (unpaired) electrons. The van der Waals surface area contributed by atoms with Gasteiger partial charge in [0, 0.05) is 63.7 Å². The molecular weight excluding hydrogens is 560 g/mol. The normalized spacial score (nSPS) is 13.7. The molecule has 0 unspecified atom stereocenters. The molecule has 46 heavy (non-hydrogen) atoms. The van der Waals surface area contributed by atoms with E-state index in [9.17, 15) is 0 Å². The lowest BCUT2D eigenvalue weighted by atomic mass is 10.1. The average Bonchev–Trinajstić information content (AvgIpc) is 3.19. The fraction of sp³-hybridized carbons (Fsp3) is 0.190. The van der Waals surface area contributed by atoms with Gasteiger partial charge in [-0.15, -0.1) is 13.2 Å². The zero-order valence-electron chi connectivity index (χ0n) is 27.1. The summed E-state index contributed by atoms with van der Waals surface area (Å²) in [4.78, 5) is 4.94. The molecule has 7 rings (SSSR count). The molecule has 2 aliphatic rings. The number of hydrogen-bond donors (Lipinski definition) is 2. The van der Waals surface area contributed by atoms with Crippen LogP contribution in [0, 0.1) is 0 Å². The number of anilines is 2. The van der Waals surface area contributed by atoms with Gasteiger partial charge in [0.2, 0.25) is 0 Å². The van der Waals surface area contributed by atoms with Crippen LogP contribution in [0.1, 0.15) is 11.1 Å². The van der Waals surface area contributed by atoms with E-state index >= 15 is 0 Å². The van der Waals surface area contributed by atoms with E-state index in [0.717, 1.165) is 52.4 Å². The first-order valence-corrected chi connectivity index (χ1v) is 16.2. The molecule has 0 aromatic heterocycles. The number of hydrogen-bond acceptors (Lipinski definition) is 4. The first kappa shape index (κ1) is 35.6. The summed E-state index contributed by atoms with van der Waals surface area (Å²) in [7, 11) is 0. The van der Waals surface area contributed by atoms with Crippen LogP contribution in [0.4, 0.5) is 11.4 Å². The Hall–Kier alpha value is -4.90. The third-order valence-corrected chi connectivity index (χ3v) is 7.22. The average molecular weight is 611 g/mol. The van der Waals surface area contributed by atoms with Crippen LogP contribution >= 0.6 is 0 Å². The summed E-state index contributed by atoms with van der Waals surface area (Å²) >= 11 is 0. The molecule has 2 N–H and O–H groups in total. The molecule has 2 saturated heterocycles. The van der Waals surface area contributed by atoms with Gasteiger partial charge < -0.3 is 20.4 Å². The molecule has 4 nitrogen and oxygen atoms in total. The maximum atomic E-state index is 3.22. The first-order chi connectivity index (χ1) is 22.9. The third-order valence-electron chi connectivity index (χ3n) is 7.22. The van der Waals surface area contributed by atoms with Crippen LogP contribution in [0.2, 0.25) is 0 Å². The molecule has 5 aromatic carbocycles. The van der Waals surface area contributed by atoms with Crippen molar-refractivity contribution in [1.29, 1.82) is 0 Å². The summed E-state index contributed by atoms with van der Waals surface area (Å²) in [5, 5.41) is 6.44. The topological polar surface area (TPSA) is 30.5 Å². The Balaban J connectivity index is 0.000000231. The molecule has 2 aliphatic heterocycles. The number of rotatable bonds is 4. The Morgan fingerprint density at radius 2 is 0.652 bits per heavy atom. The molecule has 0 atom stereocenters. The Kier molecular flexibility index (Phi) is 18.2. The second kappa shape index (κ2) is 23.5. The molecule has 2 fully saturated rings. The van der Waals surface area contributed by atoms with Crippen LogP contribution in [0.3, 0.4) is 0 Å². The Labute approximate surface area is 277 Å². The standard InChI is InChI=1S/C24H24N2.2C6H6.C4H10N2.C2H4/c1-3-7-21(8-4-1)11-12-22-13-15-24(16-14-22)26-19-17-25(18-20-26)23-9-5-2-6-10-23;2*1-2-4-6-5-3-1;1-2-6-4-3-5-1;1-2/h1-16H,17-20H2;2*1-6H;5-6H,1-4H2;1-2H2. The summed E-state index contributed by atoms with van der Waals surface area (Å²) in [5.74, 6) is 0. The van der Waals surface area contributed by atoms with Gasteiger partial charge in [-0.05, 0) is 35.4 Å².